The Kier molecular flexibility index (Phi) is 12.4. The van der Waals surface area contributed by atoms with Crippen LogP contribution < -0.4 is 0 Å². The van der Waals surface area contributed by atoms with Crippen molar-refractivity contribution < 1.29 is 9.53 Å². The van der Waals surface area contributed by atoms with Crippen LogP contribution in [0.25, 0.3) is 0 Å². The largest absolute Gasteiger partial charge is 0.462 e. The lowest BCUT2D eigenvalue weighted by molar-refractivity contribution is -0.139. The molecular weight excluding hydrogens is 262 g/mol. The summed E-state index contributed by atoms with van der Waals surface area (Å²) in [4.78, 5) is 13.4. The van der Waals surface area contributed by atoms with Crippen LogP contribution in [0.15, 0.2) is 12.2 Å². The predicted octanol–water partition coefficient (Wildman–Crippen LogP) is 4.42. The molecule has 3 nitrogen and oxygen atoms in total. The zero-order valence-electron chi connectivity index (χ0n) is 14.6. The quantitative estimate of drug-likeness (QED) is 0.286. The van der Waals surface area contributed by atoms with Crippen LogP contribution in [0.4, 0.5) is 0 Å². The van der Waals surface area contributed by atoms with E-state index in [0.717, 1.165) is 18.8 Å². The van der Waals surface area contributed by atoms with E-state index in [1.165, 1.54) is 45.1 Å². The van der Waals surface area contributed by atoms with Gasteiger partial charge in [-0.05, 0) is 39.8 Å². The molecular formula is C18H35NO2. The lowest BCUT2D eigenvalue weighted by atomic mass is 10.0. The third kappa shape index (κ3) is 13.9. The highest BCUT2D eigenvalue weighted by Gasteiger charge is 2.03. The summed E-state index contributed by atoms with van der Waals surface area (Å²) in [6, 6.07) is 0. The van der Waals surface area contributed by atoms with E-state index in [2.05, 4.69) is 32.5 Å². The number of carbonyl (C=O) groups excluding carboxylic acids is 1. The molecule has 0 rings (SSSR count). The smallest absolute Gasteiger partial charge is 0.333 e. The van der Waals surface area contributed by atoms with Crippen molar-refractivity contribution in [3.8, 4) is 0 Å². The van der Waals surface area contributed by atoms with Crippen molar-refractivity contribution in [3.05, 3.63) is 12.2 Å². The second-order valence-electron chi connectivity index (χ2n) is 6.55. The van der Waals surface area contributed by atoms with Crippen LogP contribution in [-0.4, -0.2) is 38.1 Å². The van der Waals surface area contributed by atoms with Crippen molar-refractivity contribution >= 4 is 5.97 Å². The maximum atomic E-state index is 11.1. The van der Waals surface area contributed by atoms with E-state index in [4.69, 9.17) is 4.74 Å². The molecule has 1 unspecified atom stereocenters. The fraction of sp³-hybridized carbons (Fsp3) is 0.833. The summed E-state index contributed by atoms with van der Waals surface area (Å²) in [5.41, 5.74) is 0.485. The first-order valence-corrected chi connectivity index (χ1v) is 8.40. The topological polar surface area (TPSA) is 29.5 Å². The highest BCUT2D eigenvalue weighted by Crippen LogP contribution is 2.13. The number of ether oxygens (including phenoxy) is 1. The Labute approximate surface area is 131 Å². The molecule has 0 aromatic heterocycles. The van der Waals surface area contributed by atoms with Crippen LogP contribution in [0.1, 0.15) is 65.2 Å². The summed E-state index contributed by atoms with van der Waals surface area (Å²) < 4.78 is 5.06. The number of esters is 1. The molecule has 0 amide bonds. The van der Waals surface area contributed by atoms with Gasteiger partial charge in [0, 0.05) is 12.1 Å². The number of carbonyl (C=O) groups is 1. The molecule has 21 heavy (non-hydrogen) atoms. The van der Waals surface area contributed by atoms with Gasteiger partial charge < -0.3 is 9.64 Å². The first-order valence-electron chi connectivity index (χ1n) is 8.40. The van der Waals surface area contributed by atoms with Crippen LogP contribution in [-0.2, 0) is 9.53 Å². The summed E-state index contributed by atoms with van der Waals surface area (Å²) in [5.74, 6) is 0.546. The molecule has 3 heteroatoms. The molecule has 0 aromatic rings. The highest BCUT2D eigenvalue weighted by molar-refractivity contribution is 5.86. The highest BCUT2D eigenvalue weighted by atomic mass is 16.5. The first-order chi connectivity index (χ1) is 9.93. The summed E-state index contributed by atoms with van der Waals surface area (Å²) in [6.45, 7) is 9.32. The number of rotatable bonds is 13. The van der Waals surface area contributed by atoms with Gasteiger partial charge in [0.2, 0.25) is 0 Å². The van der Waals surface area contributed by atoms with Crippen LogP contribution in [0.2, 0.25) is 0 Å². The third-order valence-electron chi connectivity index (χ3n) is 3.60. The van der Waals surface area contributed by atoms with Crippen molar-refractivity contribution in [1.29, 1.82) is 0 Å². The standard InChI is InChI=1S/C18H35NO2/c1-16(2)18(20)21-14-12-10-8-6-7-9-11-13-17(3)15-19(4)5/h17H,1,6-15H2,2-5H3. The molecule has 0 bridgehead atoms. The Morgan fingerprint density at radius 2 is 1.57 bits per heavy atom. The molecule has 1 atom stereocenters. The molecule has 0 aliphatic rings. The van der Waals surface area contributed by atoms with Gasteiger partial charge in [-0.15, -0.1) is 0 Å². The van der Waals surface area contributed by atoms with E-state index in [1.54, 1.807) is 6.92 Å². The molecule has 0 aromatic carbocycles. The monoisotopic (exact) mass is 297 g/mol. The van der Waals surface area contributed by atoms with E-state index < -0.39 is 0 Å². The summed E-state index contributed by atoms with van der Waals surface area (Å²) in [6.07, 6.45) is 10.1. The lowest BCUT2D eigenvalue weighted by Gasteiger charge is -2.16. The first kappa shape index (κ1) is 20.2. The summed E-state index contributed by atoms with van der Waals surface area (Å²) in [7, 11) is 4.29. The van der Waals surface area contributed by atoms with Gasteiger partial charge in [-0.25, -0.2) is 4.79 Å². The second-order valence-corrected chi connectivity index (χ2v) is 6.55. The molecule has 0 aliphatic carbocycles. The molecule has 0 heterocycles. The van der Waals surface area contributed by atoms with E-state index in [-0.39, 0.29) is 5.97 Å². The normalized spacial score (nSPS) is 12.4. The molecule has 0 spiro atoms. The molecule has 0 radical (unpaired) electrons. The molecule has 0 saturated heterocycles. The minimum atomic E-state index is -0.262. The Morgan fingerprint density at radius 3 is 2.10 bits per heavy atom. The molecule has 0 fully saturated rings. The summed E-state index contributed by atoms with van der Waals surface area (Å²) >= 11 is 0. The second kappa shape index (κ2) is 12.9. The Bertz CT molecular complexity index is 287. The number of hydrogen-bond donors (Lipinski definition) is 0. The molecule has 0 aliphatic heterocycles. The SMILES string of the molecule is C=C(C)C(=O)OCCCCCCCCCC(C)CN(C)C. The summed E-state index contributed by atoms with van der Waals surface area (Å²) in [5, 5.41) is 0. The van der Waals surface area contributed by atoms with E-state index >= 15 is 0 Å². The zero-order valence-corrected chi connectivity index (χ0v) is 14.6. The maximum Gasteiger partial charge on any atom is 0.333 e. The Balaban J connectivity index is 3.23. The van der Waals surface area contributed by atoms with Gasteiger partial charge in [0.25, 0.3) is 0 Å². The van der Waals surface area contributed by atoms with Gasteiger partial charge >= 0.3 is 5.97 Å². The Hall–Kier alpha value is -0.830. The predicted molar refractivity (Wildman–Crippen MR) is 90.4 cm³/mol. The fourth-order valence-corrected chi connectivity index (χ4v) is 2.48. The Morgan fingerprint density at radius 1 is 1.05 bits per heavy atom. The molecule has 124 valence electrons. The molecule has 0 N–H and O–H groups in total. The van der Waals surface area contributed by atoms with E-state index in [0.29, 0.717) is 12.2 Å². The van der Waals surface area contributed by atoms with Crippen molar-refractivity contribution in [2.24, 2.45) is 5.92 Å². The number of nitrogens with zero attached hydrogens (tertiary/aromatic N) is 1. The molecule has 0 saturated carbocycles. The lowest BCUT2D eigenvalue weighted by Crippen LogP contribution is -2.19. The van der Waals surface area contributed by atoms with Gasteiger partial charge in [-0.2, -0.15) is 0 Å². The minimum absolute atomic E-state index is 0.262. The van der Waals surface area contributed by atoms with Crippen LogP contribution >= 0.6 is 0 Å². The van der Waals surface area contributed by atoms with Crippen LogP contribution in [0.3, 0.4) is 0 Å². The maximum absolute atomic E-state index is 11.1. The average molecular weight is 297 g/mol. The van der Waals surface area contributed by atoms with Gasteiger partial charge in [0.1, 0.15) is 0 Å². The zero-order chi connectivity index (χ0) is 16.1. The van der Waals surface area contributed by atoms with Gasteiger partial charge in [-0.3, -0.25) is 0 Å². The van der Waals surface area contributed by atoms with E-state index in [9.17, 15) is 4.79 Å². The minimum Gasteiger partial charge on any atom is -0.462 e. The third-order valence-corrected chi connectivity index (χ3v) is 3.60. The van der Waals surface area contributed by atoms with Crippen molar-refractivity contribution in [2.45, 2.75) is 65.2 Å². The van der Waals surface area contributed by atoms with Crippen molar-refractivity contribution in [3.63, 3.8) is 0 Å². The van der Waals surface area contributed by atoms with Gasteiger partial charge in [0.05, 0.1) is 6.61 Å². The van der Waals surface area contributed by atoms with E-state index in [1.807, 2.05) is 0 Å². The number of hydrogen-bond acceptors (Lipinski definition) is 3. The van der Waals surface area contributed by atoms with Gasteiger partial charge in [-0.1, -0.05) is 52.0 Å². The van der Waals surface area contributed by atoms with Crippen LogP contribution in [0, 0.1) is 5.92 Å². The average Bonchev–Trinajstić information content (AvgIpc) is 2.39. The fourth-order valence-electron chi connectivity index (χ4n) is 2.48. The number of unbranched alkanes of at least 4 members (excludes halogenated alkanes) is 6. The van der Waals surface area contributed by atoms with Gasteiger partial charge in [0.15, 0.2) is 0 Å². The van der Waals surface area contributed by atoms with Crippen molar-refractivity contribution in [1.82, 2.24) is 4.90 Å². The van der Waals surface area contributed by atoms with Crippen molar-refractivity contribution in [2.75, 3.05) is 27.2 Å². The van der Waals surface area contributed by atoms with Crippen LogP contribution in [0.5, 0.6) is 0 Å².